The van der Waals surface area contributed by atoms with E-state index in [0.717, 1.165) is 5.56 Å². The molecule has 0 aliphatic heterocycles. The lowest BCUT2D eigenvalue weighted by molar-refractivity contribution is -0.142. The van der Waals surface area contributed by atoms with Crippen molar-refractivity contribution in [3.63, 3.8) is 0 Å². The maximum atomic E-state index is 12.9. The monoisotopic (exact) mass is 452 g/mol. The second-order valence-electron chi connectivity index (χ2n) is 7.43. The van der Waals surface area contributed by atoms with Crippen molar-refractivity contribution in [2.45, 2.75) is 44.8 Å². The highest BCUT2D eigenvalue weighted by atomic mass is 32.2. The first-order valence-corrected chi connectivity index (χ1v) is 11.4. The van der Waals surface area contributed by atoms with Gasteiger partial charge in [0.2, 0.25) is 17.7 Å². The summed E-state index contributed by atoms with van der Waals surface area (Å²) in [6, 6.07) is 6.19. The number of carbonyl (C=O) groups is 4. The summed E-state index contributed by atoms with van der Waals surface area (Å²) in [5.41, 5.74) is 6.20. The molecule has 6 N–H and O–H groups in total. The average molecular weight is 453 g/mol. The molecule has 3 atom stereocenters. The first kappa shape index (κ1) is 26.4. The minimum atomic E-state index is -1.13. The van der Waals surface area contributed by atoms with Crippen LogP contribution in [0.25, 0.3) is 0 Å². The van der Waals surface area contributed by atoms with Gasteiger partial charge < -0.3 is 26.8 Å². The number of carboxylic acids is 1. The van der Waals surface area contributed by atoms with E-state index in [1.54, 1.807) is 13.8 Å². The van der Waals surface area contributed by atoms with Crippen LogP contribution >= 0.6 is 11.8 Å². The summed E-state index contributed by atoms with van der Waals surface area (Å²) in [6.45, 7) is 3.21. The van der Waals surface area contributed by atoms with E-state index in [0.29, 0.717) is 5.75 Å². The van der Waals surface area contributed by atoms with E-state index in [4.69, 9.17) is 5.73 Å². The quantitative estimate of drug-likeness (QED) is 0.285. The smallest absolute Gasteiger partial charge is 0.326 e. The van der Waals surface area contributed by atoms with Crippen LogP contribution in [0.4, 0.5) is 0 Å². The Morgan fingerprint density at radius 3 is 2.16 bits per heavy atom. The van der Waals surface area contributed by atoms with Gasteiger partial charge in [-0.1, -0.05) is 44.2 Å². The van der Waals surface area contributed by atoms with E-state index in [9.17, 15) is 24.3 Å². The fraction of sp³-hybridized carbons (Fsp3) is 0.524. The van der Waals surface area contributed by atoms with Gasteiger partial charge in [0.1, 0.15) is 18.1 Å². The fourth-order valence-electron chi connectivity index (χ4n) is 2.86. The molecule has 172 valence electrons. The summed E-state index contributed by atoms with van der Waals surface area (Å²) in [5.74, 6) is -2.49. The Hall–Kier alpha value is -2.59. The zero-order valence-corrected chi connectivity index (χ0v) is 18.9. The van der Waals surface area contributed by atoms with Crippen molar-refractivity contribution in [2.24, 2.45) is 11.7 Å². The molecule has 0 aliphatic rings. The van der Waals surface area contributed by atoms with E-state index < -0.39 is 41.8 Å². The van der Waals surface area contributed by atoms with Crippen LogP contribution in [0.1, 0.15) is 25.8 Å². The number of thioether (sulfide) groups is 1. The Morgan fingerprint density at radius 1 is 1.00 bits per heavy atom. The SMILES string of the molecule is CSCCC(NC(=O)C(NC(=O)C(Cc1ccccc1)NC(=O)CN)C(C)C)C(=O)O. The second kappa shape index (κ2) is 13.7. The Balaban J connectivity index is 2.94. The zero-order valence-electron chi connectivity index (χ0n) is 18.1. The van der Waals surface area contributed by atoms with E-state index in [-0.39, 0.29) is 25.3 Å². The normalized spacial score (nSPS) is 13.7. The summed E-state index contributed by atoms with van der Waals surface area (Å²) in [4.78, 5) is 49.0. The summed E-state index contributed by atoms with van der Waals surface area (Å²) >= 11 is 1.48. The number of amides is 3. The third-order valence-corrected chi connectivity index (χ3v) is 5.24. The van der Waals surface area contributed by atoms with Crippen molar-refractivity contribution < 1.29 is 24.3 Å². The molecule has 0 radical (unpaired) electrons. The summed E-state index contributed by atoms with van der Waals surface area (Å²) < 4.78 is 0. The van der Waals surface area contributed by atoms with Gasteiger partial charge in [-0.15, -0.1) is 0 Å². The van der Waals surface area contributed by atoms with Crippen LogP contribution in [0, 0.1) is 5.92 Å². The van der Waals surface area contributed by atoms with Crippen LogP contribution in [-0.2, 0) is 25.6 Å². The van der Waals surface area contributed by atoms with Crippen molar-refractivity contribution in [1.29, 1.82) is 0 Å². The predicted octanol–water partition coefficient (Wildman–Crippen LogP) is 0.136. The Kier molecular flexibility index (Phi) is 11.7. The van der Waals surface area contributed by atoms with Gasteiger partial charge in [0.05, 0.1) is 6.54 Å². The molecule has 0 aromatic heterocycles. The van der Waals surface area contributed by atoms with Gasteiger partial charge >= 0.3 is 5.97 Å². The largest absolute Gasteiger partial charge is 0.480 e. The van der Waals surface area contributed by atoms with Gasteiger partial charge in [0.25, 0.3) is 0 Å². The van der Waals surface area contributed by atoms with E-state index in [1.165, 1.54) is 11.8 Å². The number of nitrogens with one attached hydrogen (secondary N) is 3. The number of aliphatic carboxylic acids is 1. The molecule has 31 heavy (non-hydrogen) atoms. The zero-order chi connectivity index (χ0) is 23.4. The van der Waals surface area contributed by atoms with Gasteiger partial charge in [-0.05, 0) is 29.9 Å². The molecule has 0 fully saturated rings. The number of carbonyl (C=O) groups excluding carboxylic acids is 3. The standard InChI is InChI=1S/C21H32N4O5S/c1-13(2)18(20(28)24-15(21(29)30)9-10-31-3)25-19(27)16(23-17(26)12-22)11-14-7-5-4-6-8-14/h4-8,13,15-16,18H,9-12,22H2,1-3H3,(H,23,26)(H,24,28)(H,25,27)(H,29,30). The van der Waals surface area contributed by atoms with Gasteiger partial charge in [-0.2, -0.15) is 11.8 Å². The number of carboxylic acid groups (broad SMARTS) is 1. The van der Waals surface area contributed by atoms with Crippen molar-refractivity contribution >= 4 is 35.5 Å². The lowest BCUT2D eigenvalue weighted by Gasteiger charge is -2.26. The first-order valence-electron chi connectivity index (χ1n) is 10.0. The molecule has 1 rings (SSSR count). The number of hydrogen-bond donors (Lipinski definition) is 5. The van der Waals surface area contributed by atoms with Crippen molar-refractivity contribution in [1.82, 2.24) is 16.0 Å². The molecule has 0 saturated carbocycles. The highest BCUT2D eigenvalue weighted by Crippen LogP contribution is 2.08. The summed E-state index contributed by atoms with van der Waals surface area (Å²) in [5, 5.41) is 17.1. The topological polar surface area (TPSA) is 151 Å². The number of hydrogen-bond acceptors (Lipinski definition) is 6. The van der Waals surface area contributed by atoms with Gasteiger partial charge in [-0.3, -0.25) is 14.4 Å². The maximum absolute atomic E-state index is 12.9. The van der Waals surface area contributed by atoms with Gasteiger partial charge in [0.15, 0.2) is 0 Å². The molecule has 9 nitrogen and oxygen atoms in total. The molecular formula is C21H32N4O5S. The number of benzene rings is 1. The number of rotatable bonds is 13. The molecule has 3 amide bonds. The lowest BCUT2D eigenvalue weighted by Crippen LogP contribution is -2.58. The van der Waals surface area contributed by atoms with Crippen molar-refractivity contribution in [2.75, 3.05) is 18.6 Å². The Bertz CT molecular complexity index is 745. The van der Waals surface area contributed by atoms with E-state index in [1.807, 2.05) is 36.6 Å². The van der Waals surface area contributed by atoms with Gasteiger partial charge in [0, 0.05) is 6.42 Å². The molecule has 0 spiro atoms. The Morgan fingerprint density at radius 2 is 1.65 bits per heavy atom. The summed E-state index contributed by atoms with van der Waals surface area (Å²) in [7, 11) is 0. The average Bonchev–Trinajstić information content (AvgIpc) is 2.74. The van der Waals surface area contributed by atoms with Crippen LogP contribution in [0.5, 0.6) is 0 Å². The first-order chi connectivity index (χ1) is 14.7. The van der Waals surface area contributed by atoms with Crippen LogP contribution in [0.2, 0.25) is 0 Å². The van der Waals surface area contributed by atoms with Crippen LogP contribution in [-0.4, -0.2) is 65.5 Å². The van der Waals surface area contributed by atoms with Gasteiger partial charge in [-0.25, -0.2) is 4.79 Å². The van der Waals surface area contributed by atoms with E-state index >= 15 is 0 Å². The molecule has 1 aromatic carbocycles. The maximum Gasteiger partial charge on any atom is 0.326 e. The molecular weight excluding hydrogens is 420 g/mol. The molecule has 10 heteroatoms. The van der Waals surface area contributed by atoms with E-state index in [2.05, 4.69) is 16.0 Å². The molecule has 0 bridgehead atoms. The number of nitrogens with two attached hydrogens (primary N) is 1. The fourth-order valence-corrected chi connectivity index (χ4v) is 3.33. The third kappa shape index (κ3) is 9.39. The second-order valence-corrected chi connectivity index (χ2v) is 8.41. The Labute approximate surface area is 186 Å². The summed E-state index contributed by atoms with van der Waals surface area (Å²) in [6.07, 6.45) is 2.33. The van der Waals surface area contributed by atoms with Crippen LogP contribution < -0.4 is 21.7 Å². The highest BCUT2D eigenvalue weighted by molar-refractivity contribution is 7.98. The molecule has 0 heterocycles. The third-order valence-electron chi connectivity index (χ3n) is 4.59. The van der Waals surface area contributed by atoms with Crippen molar-refractivity contribution in [3.8, 4) is 0 Å². The minimum Gasteiger partial charge on any atom is -0.480 e. The highest BCUT2D eigenvalue weighted by Gasteiger charge is 2.31. The molecule has 0 aliphatic carbocycles. The van der Waals surface area contributed by atoms with Crippen molar-refractivity contribution in [3.05, 3.63) is 35.9 Å². The molecule has 3 unspecified atom stereocenters. The lowest BCUT2D eigenvalue weighted by atomic mass is 10.0. The molecule has 1 aromatic rings. The molecule has 0 saturated heterocycles. The van der Waals surface area contributed by atoms with Crippen LogP contribution in [0.3, 0.4) is 0 Å². The van der Waals surface area contributed by atoms with Crippen LogP contribution in [0.15, 0.2) is 30.3 Å². The minimum absolute atomic E-state index is 0.219. The predicted molar refractivity (Wildman–Crippen MR) is 120 cm³/mol.